The normalized spacial score (nSPS) is 10.7. The zero-order valence-electron chi connectivity index (χ0n) is 7.24. The maximum absolute atomic E-state index is 12.3. The molecule has 0 bridgehead atoms. The van der Waals surface area contributed by atoms with Crippen LogP contribution in [-0.4, -0.2) is 15.0 Å². The van der Waals surface area contributed by atoms with E-state index in [9.17, 15) is 23.7 Å². The summed E-state index contributed by atoms with van der Waals surface area (Å²) in [5, 5.41) is 18.9. The van der Waals surface area contributed by atoms with E-state index >= 15 is 0 Å². The first-order valence-corrected chi connectivity index (χ1v) is 3.77. The van der Waals surface area contributed by atoms with Gasteiger partial charge in [0, 0.05) is 5.69 Å². The lowest BCUT2D eigenvalue weighted by Crippen LogP contribution is -2.16. The molecule has 15 heavy (non-hydrogen) atoms. The standard InChI is InChI=1S/C7H6F2N2O4/c8-6(9)4-1-3(2-12)10-7(13)5(4)11(14)15/h1,6,12H,2H2,(H,10,13). The first-order valence-electron chi connectivity index (χ1n) is 3.77. The van der Waals surface area contributed by atoms with Crippen LogP contribution in [0.4, 0.5) is 14.5 Å². The van der Waals surface area contributed by atoms with Gasteiger partial charge >= 0.3 is 11.2 Å². The van der Waals surface area contributed by atoms with Gasteiger partial charge in [-0.05, 0) is 6.07 Å². The third-order valence-electron chi connectivity index (χ3n) is 1.68. The molecule has 82 valence electrons. The molecule has 1 heterocycles. The minimum atomic E-state index is -3.14. The molecule has 8 heteroatoms. The number of hydrogen-bond acceptors (Lipinski definition) is 4. The number of nitrogens with zero attached hydrogens (tertiary/aromatic N) is 1. The molecule has 0 aliphatic heterocycles. The van der Waals surface area contributed by atoms with Crippen molar-refractivity contribution in [3.05, 3.63) is 37.8 Å². The Morgan fingerprint density at radius 3 is 2.60 bits per heavy atom. The fourth-order valence-corrected chi connectivity index (χ4v) is 1.07. The third-order valence-corrected chi connectivity index (χ3v) is 1.68. The Bertz CT molecular complexity index is 443. The summed E-state index contributed by atoms with van der Waals surface area (Å²) in [4.78, 5) is 22.1. The van der Waals surface area contributed by atoms with E-state index in [-0.39, 0.29) is 5.69 Å². The van der Waals surface area contributed by atoms with E-state index in [1.807, 2.05) is 4.98 Å². The fourth-order valence-electron chi connectivity index (χ4n) is 1.07. The predicted molar refractivity (Wildman–Crippen MR) is 44.6 cm³/mol. The van der Waals surface area contributed by atoms with Crippen molar-refractivity contribution in [1.82, 2.24) is 4.98 Å². The predicted octanol–water partition coefficient (Wildman–Crippen LogP) is 0.713. The van der Waals surface area contributed by atoms with Gasteiger partial charge in [0.05, 0.1) is 11.5 Å². The molecule has 0 aliphatic carbocycles. The zero-order valence-corrected chi connectivity index (χ0v) is 7.24. The summed E-state index contributed by atoms with van der Waals surface area (Å²) in [6, 6.07) is 0.699. The molecule has 6 nitrogen and oxygen atoms in total. The van der Waals surface area contributed by atoms with Crippen LogP contribution in [-0.2, 0) is 6.61 Å². The number of hydrogen-bond donors (Lipinski definition) is 2. The van der Waals surface area contributed by atoms with E-state index in [2.05, 4.69) is 0 Å². The van der Waals surface area contributed by atoms with Crippen LogP contribution in [0.3, 0.4) is 0 Å². The Morgan fingerprint density at radius 1 is 1.60 bits per heavy atom. The van der Waals surface area contributed by atoms with Crippen molar-refractivity contribution in [2.75, 3.05) is 0 Å². The summed E-state index contributed by atoms with van der Waals surface area (Å²) in [6.07, 6.45) is -3.14. The SMILES string of the molecule is O=c1[nH]c(CO)cc(C(F)F)c1[N+](=O)[O-]. The number of pyridine rings is 1. The number of H-pyrrole nitrogens is 1. The number of aromatic amines is 1. The number of aliphatic hydroxyl groups excluding tert-OH is 1. The van der Waals surface area contributed by atoms with Crippen LogP contribution in [0.25, 0.3) is 0 Å². The van der Waals surface area contributed by atoms with Crippen LogP contribution in [0.1, 0.15) is 17.7 Å². The highest BCUT2D eigenvalue weighted by Gasteiger charge is 2.26. The van der Waals surface area contributed by atoms with E-state index in [0.717, 1.165) is 0 Å². The molecule has 0 aliphatic rings. The van der Waals surface area contributed by atoms with Crippen LogP contribution in [0.2, 0.25) is 0 Å². The smallest absolute Gasteiger partial charge is 0.342 e. The topological polar surface area (TPSA) is 96.2 Å². The molecule has 0 unspecified atom stereocenters. The van der Waals surface area contributed by atoms with Crippen molar-refractivity contribution in [2.24, 2.45) is 0 Å². The maximum atomic E-state index is 12.3. The molecular formula is C7H6F2N2O4. The number of nitro groups is 1. The summed E-state index contributed by atoms with van der Waals surface area (Å²) in [6.45, 7) is -0.674. The van der Waals surface area contributed by atoms with Gasteiger partial charge in [0.2, 0.25) is 0 Å². The lowest BCUT2D eigenvalue weighted by Gasteiger charge is -2.02. The van der Waals surface area contributed by atoms with E-state index in [4.69, 9.17) is 5.11 Å². The van der Waals surface area contributed by atoms with Gasteiger partial charge in [0.25, 0.3) is 6.43 Å². The summed E-state index contributed by atoms with van der Waals surface area (Å²) in [5.74, 6) is 0. The summed E-state index contributed by atoms with van der Waals surface area (Å²) >= 11 is 0. The highest BCUT2D eigenvalue weighted by atomic mass is 19.3. The fraction of sp³-hybridized carbons (Fsp3) is 0.286. The van der Waals surface area contributed by atoms with Crippen LogP contribution in [0.5, 0.6) is 0 Å². The molecule has 0 radical (unpaired) electrons. The molecule has 0 atom stereocenters. The molecule has 0 fully saturated rings. The van der Waals surface area contributed by atoms with Gasteiger partial charge in [-0.15, -0.1) is 0 Å². The molecule has 0 aromatic carbocycles. The Balaban J connectivity index is 3.50. The molecule has 0 spiro atoms. The summed E-state index contributed by atoms with van der Waals surface area (Å²) in [7, 11) is 0. The summed E-state index contributed by atoms with van der Waals surface area (Å²) < 4.78 is 24.7. The number of nitrogens with one attached hydrogen (secondary N) is 1. The van der Waals surface area contributed by atoms with Gasteiger partial charge in [0.15, 0.2) is 0 Å². The minimum Gasteiger partial charge on any atom is -0.390 e. The lowest BCUT2D eigenvalue weighted by atomic mass is 10.2. The van der Waals surface area contributed by atoms with Crippen LogP contribution in [0.15, 0.2) is 10.9 Å². The third kappa shape index (κ3) is 2.15. The molecule has 2 N–H and O–H groups in total. The molecule has 1 rings (SSSR count). The minimum absolute atomic E-state index is 0.194. The second kappa shape index (κ2) is 4.13. The van der Waals surface area contributed by atoms with E-state index in [1.54, 1.807) is 0 Å². The second-order valence-electron chi connectivity index (χ2n) is 2.64. The highest BCUT2D eigenvalue weighted by molar-refractivity contribution is 5.39. The molecule has 1 aromatic rings. The van der Waals surface area contributed by atoms with Crippen LogP contribution in [0, 0.1) is 10.1 Å². The molecule has 1 aromatic heterocycles. The van der Waals surface area contributed by atoms with Gasteiger partial charge in [-0.25, -0.2) is 8.78 Å². The lowest BCUT2D eigenvalue weighted by molar-refractivity contribution is -0.387. The first-order chi connectivity index (χ1) is 6.97. The van der Waals surface area contributed by atoms with E-state index < -0.39 is 34.8 Å². The number of rotatable bonds is 3. The Labute approximate surface area is 81.3 Å². The quantitative estimate of drug-likeness (QED) is 0.579. The molecular weight excluding hydrogens is 214 g/mol. The highest BCUT2D eigenvalue weighted by Crippen LogP contribution is 2.25. The number of aromatic nitrogens is 1. The average molecular weight is 220 g/mol. The molecule has 0 saturated carbocycles. The monoisotopic (exact) mass is 220 g/mol. The molecule has 0 saturated heterocycles. The number of aliphatic hydroxyl groups is 1. The van der Waals surface area contributed by atoms with Gasteiger partial charge in [-0.2, -0.15) is 0 Å². The van der Waals surface area contributed by atoms with Gasteiger partial charge in [-0.1, -0.05) is 0 Å². The van der Waals surface area contributed by atoms with Crippen molar-refractivity contribution >= 4 is 5.69 Å². The van der Waals surface area contributed by atoms with Crippen molar-refractivity contribution in [3.63, 3.8) is 0 Å². The second-order valence-corrected chi connectivity index (χ2v) is 2.64. The van der Waals surface area contributed by atoms with Crippen molar-refractivity contribution in [2.45, 2.75) is 13.0 Å². The van der Waals surface area contributed by atoms with Gasteiger partial charge < -0.3 is 10.1 Å². The van der Waals surface area contributed by atoms with Crippen molar-refractivity contribution < 1.29 is 18.8 Å². The maximum Gasteiger partial charge on any atom is 0.342 e. The van der Waals surface area contributed by atoms with Crippen LogP contribution < -0.4 is 5.56 Å². The zero-order chi connectivity index (χ0) is 11.6. The number of halogens is 2. The average Bonchev–Trinajstić information content (AvgIpc) is 2.15. The summed E-state index contributed by atoms with van der Waals surface area (Å²) in [5.41, 5.74) is -3.63. The van der Waals surface area contributed by atoms with E-state index in [0.29, 0.717) is 6.07 Å². The van der Waals surface area contributed by atoms with Gasteiger partial charge in [0.1, 0.15) is 5.56 Å². The molecule has 0 amide bonds. The van der Waals surface area contributed by atoms with Crippen molar-refractivity contribution in [3.8, 4) is 0 Å². The van der Waals surface area contributed by atoms with Gasteiger partial charge in [-0.3, -0.25) is 14.9 Å². The Morgan fingerprint density at radius 2 is 2.20 bits per heavy atom. The van der Waals surface area contributed by atoms with E-state index in [1.165, 1.54) is 0 Å². The number of alkyl halides is 2. The largest absolute Gasteiger partial charge is 0.390 e. The Hall–Kier alpha value is -1.83. The van der Waals surface area contributed by atoms with Crippen molar-refractivity contribution in [1.29, 1.82) is 0 Å². The Kier molecular flexibility index (Phi) is 3.10. The van der Waals surface area contributed by atoms with Crippen LogP contribution >= 0.6 is 0 Å². The first kappa shape index (κ1) is 11.2.